The van der Waals surface area contributed by atoms with Crippen LogP contribution in [0.4, 0.5) is 4.79 Å². The van der Waals surface area contributed by atoms with Crippen molar-refractivity contribution in [3.63, 3.8) is 0 Å². The summed E-state index contributed by atoms with van der Waals surface area (Å²) in [4.78, 5) is 40.9. The third kappa shape index (κ3) is 6.15. The van der Waals surface area contributed by atoms with Crippen molar-refractivity contribution in [2.75, 3.05) is 47.0 Å². The van der Waals surface area contributed by atoms with E-state index in [1.807, 2.05) is 0 Å². The van der Waals surface area contributed by atoms with Gasteiger partial charge >= 0.3 is 6.16 Å². The molecule has 2 aromatic rings. The van der Waals surface area contributed by atoms with Gasteiger partial charge < -0.3 is 28.7 Å². The molecule has 0 spiro atoms. The molecule has 2 amide bonds. The summed E-state index contributed by atoms with van der Waals surface area (Å²) in [6.45, 7) is 3.79. The molecule has 9 heteroatoms. The second-order valence-corrected chi connectivity index (χ2v) is 7.35. The van der Waals surface area contributed by atoms with Gasteiger partial charge in [-0.1, -0.05) is 0 Å². The maximum absolute atomic E-state index is 13.1. The molecule has 0 atom stereocenters. The highest BCUT2D eigenvalue weighted by atomic mass is 16.7. The Labute approximate surface area is 192 Å². The molecule has 1 saturated heterocycles. The number of carbonyl (C=O) groups is 3. The lowest BCUT2D eigenvalue weighted by Crippen LogP contribution is -2.37. The summed E-state index contributed by atoms with van der Waals surface area (Å²) >= 11 is 0. The second kappa shape index (κ2) is 11.2. The Morgan fingerprint density at radius 3 is 1.82 bits per heavy atom. The summed E-state index contributed by atoms with van der Waals surface area (Å²) in [6, 6.07) is 11.4. The van der Waals surface area contributed by atoms with Crippen LogP contribution in [0.5, 0.6) is 17.2 Å². The molecular formula is C24H28N2O7. The predicted octanol–water partition coefficient (Wildman–Crippen LogP) is 3.23. The lowest BCUT2D eigenvalue weighted by atomic mass is 10.1. The molecule has 2 aromatic carbocycles. The number of nitrogens with zero attached hydrogens (tertiary/aromatic N) is 2. The molecule has 1 fully saturated rings. The fourth-order valence-corrected chi connectivity index (χ4v) is 3.53. The fourth-order valence-electron chi connectivity index (χ4n) is 3.53. The summed E-state index contributed by atoms with van der Waals surface area (Å²) in [6.07, 6.45) is -0.134. The van der Waals surface area contributed by atoms with Gasteiger partial charge in [0, 0.05) is 43.4 Å². The average Bonchev–Trinajstić information content (AvgIpc) is 3.09. The van der Waals surface area contributed by atoms with Gasteiger partial charge in [-0.05, 0) is 49.7 Å². The summed E-state index contributed by atoms with van der Waals surface area (Å²) in [5.41, 5.74) is 0.951. The van der Waals surface area contributed by atoms with Crippen LogP contribution in [0, 0.1) is 0 Å². The van der Waals surface area contributed by atoms with E-state index in [4.69, 9.17) is 18.9 Å². The molecule has 0 unspecified atom stereocenters. The number of ether oxygens (including phenoxy) is 4. The van der Waals surface area contributed by atoms with Crippen LogP contribution < -0.4 is 14.2 Å². The van der Waals surface area contributed by atoms with Crippen LogP contribution in [0.15, 0.2) is 42.5 Å². The van der Waals surface area contributed by atoms with Gasteiger partial charge in [-0.2, -0.15) is 0 Å². The Balaban J connectivity index is 1.63. The monoisotopic (exact) mass is 456 g/mol. The van der Waals surface area contributed by atoms with Gasteiger partial charge in [-0.15, -0.1) is 0 Å². The van der Waals surface area contributed by atoms with E-state index in [-0.39, 0.29) is 18.4 Å². The minimum atomic E-state index is -0.789. The van der Waals surface area contributed by atoms with Crippen molar-refractivity contribution in [3.8, 4) is 17.2 Å². The molecule has 1 aliphatic rings. The standard InChI is InChI=1S/C24H28N2O7/c1-4-32-24(29)33-19-8-6-17(7-9-19)22(27)25-10-5-11-26(13-12-25)23(28)18-14-20(30-2)16-21(15-18)31-3/h6-9,14-16H,4-5,10-13H2,1-3H3. The van der Waals surface area contributed by atoms with Gasteiger partial charge in [-0.25, -0.2) is 4.79 Å². The van der Waals surface area contributed by atoms with Gasteiger partial charge in [0.1, 0.15) is 17.2 Å². The topological polar surface area (TPSA) is 94.6 Å². The van der Waals surface area contributed by atoms with Crippen molar-refractivity contribution in [2.24, 2.45) is 0 Å². The number of amides is 2. The third-order valence-corrected chi connectivity index (χ3v) is 5.23. The van der Waals surface area contributed by atoms with E-state index in [2.05, 4.69) is 0 Å². The molecule has 9 nitrogen and oxygen atoms in total. The van der Waals surface area contributed by atoms with Gasteiger partial charge in [0.2, 0.25) is 0 Å². The first kappa shape index (κ1) is 23.9. The molecule has 176 valence electrons. The van der Waals surface area contributed by atoms with Crippen LogP contribution in [-0.2, 0) is 4.74 Å². The zero-order chi connectivity index (χ0) is 23.8. The van der Waals surface area contributed by atoms with Crippen LogP contribution in [-0.4, -0.2) is 74.8 Å². The van der Waals surface area contributed by atoms with Crippen molar-refractivity contribution >= 4 is 18.0 Å². The van der Waals surface area contributed by atoms with Crippen molar-refractivity contribution in [3.05, 3.63) is 53.6 Å². The normalized spacial score (nSPS) is 13.7. The number of benzene rings is 2. The van der Waals surface area contributed by atoms with E-state index in [9.17, 15) is 14.4 Å². The molecular weight excluding hydrogens is 428 g/mol. The lowest BCUT2D eigenvalue weighted by Gasteiger charge is -2.22. The van der Waals surface area contributed by atoms with Crippen molar-refractivity contribution in [2.45, 2.75) is 13.3 Å². The van der Waals surface area contributed by atoms with Gasteiger partial charge in [0.15, 0.2) is 0 Å². The number of rotatable bonds is 6. The summed E-state index contributed by atoms with van der Waals surface area (Å²) in [5, 5.41) is 0. The molecule has 0 aliphatic carbocycles. The summed E-state index contributed by atoms with van der Waals surface area (Å²) < 4.78 is 20.3. The Bertz CT molecular complexity index is 969. The summed E-state index contributed by atoms with van der Waals surface area (Å²) in [5.74, 6) is 1.10. The number of methoxy groups -OCH3 is 2. The molecule has 1 aliphatic heterocycles. The molecule has 0 bridgehead atoms. The Kier molecular flexibility index (Phi) is 8.12. The minimum absolute atomic E-state index is 0.137. The average molecular weight is 456 g/mol. The first-order valence-corrected chi connectivity index (χ1v) is 10.7. The lowest BCUT2D eigenvalue weighted by molar-refractivity contribution is 0.0718. The van der Waals surface area contributed by atoms with Gasteiger partial charge in [-0.3, -0.25) is 9.59 Å². The quantitative estimate of drug-likeness (QED) is 0.487. The van der Waals surface area contributed by atoms with Gasteiger partial charge in [0.05, 0.1) is 20.8 Å². The SMILES string of the molecule is CCOC(=O)Oc1ccc(C(=O)N2CCCN(C(=O)c3cc(OC)cc(OC)c3)CC2)cc1. The Morgan fingerprint density at radius 2 is 1.30 bits per heavy atom. The number of hydrogen-bond acceptors (Lipinski definition) is 7. The molecule has 1 heterocycles. The van der Waals surface area contributed by atoms with E-state index in [1.54, 1.807) is 59.2 Å². The van der Waals surface area contributed by atoms with E-state index < -0.39 is 6.16 Å². The molecule has 0 saturated carbocycles. The first-order chi connectivity index (χ1) is 15.9. The van der Waals surface area contributed by atoms with E-state index in [1.165, 1.54) is 14.2 Å². The van der Waals surface area contributed by atoms with Crippen LogP contribution in [0.2, 0.25) is 0 Å². The highest BCUT2D eigenvalue weighted by molar-refractivity contribution is 5.96. The first-order valence-electron chi connectivity index (χ1n) is 10.7. The maximum atomic E-state index is 13.1. The van der Waals surface area contributed by atoms with Gasteiger partial charge in [0.25, 0.3) is 11.8 Å². The second-order valence-electron chi connectivity index (χ2n) is 7.35. The minimum Gasteiger partial charge on any atom is -0.497 e. The largest absolute Gasteiger partial charge is 0.513 e. The predicted molar refractivity (Wildman–Crippen MR) is 120 cm³/mol. The summed E-state index contributed by atoms with van der Waals surface area (Å²) in [7, 11) is 3.07. The van der Waals surface area contributed by atoms with Crippen LogP contribution in [0.3, 0.4) is 0 Å². The maximum Gasteiger partial charge on any atom is 0.513 e. The third-order valence-electron chi connectivity index (χ3n) is 5.23. The van der Waals surface area contributed by atoms with E-state index >= 15 is 0 Å². The molecule has 0 aromatic heterocycles. The zero-order valence-electron chi connectivity index (χ0n) is 19.0. The number of hydrogen-bond donors (Lipinski definition) is 0. The van der Waals surface area contributed by atoms with Crippen LogP contribution in [0.25, 0.3) is 0 Å². The van der Waals surface area contributed by atoms with Crippen molar-refractivity contribution in [1.29, 1.82) is 0 Å². The molecule has 3 rings (SSSR count). The van der Waals surface area contributed by atoms with Crippen LogP contribution >= 0.6 is 0 Å². The highest BCUT2D eigenvalue weighted by Crippen LogP contribution is 2.24. The molecule has 0 radical (unpaired) electrons. The fraction of sp³-hybridized carbons (Fsp3) is 0.375. The Hall–Kier alpha value is -3.75. The smallest absolute Gasteiger partial charge is 0.497 e. The number of carbonyl (C=O) groups excluding carboxylic acids is 3. The zero-order valence-corrected chi connectivity index (χ0v) is 19.0. The van der Waals surface area contributed by atoms with E-state index in [0.717, 1.165) is 0 Å². The van der Waals surface area contributed by atoms with Crippen LogP contribution in [0.1, 0.15) is 34.1 Å². The van der Waals surface area contributed by atoms with E-state index in [0.29, 0.717) is 61.0 Å². The Morgan fingerprint density at radius 1 is 0.758 bits per heavy atom. The molecule has 33 heavy (non-hydrogen) atoms. The van der Waals surface area contributed by atoms with Crippen molar-refractivity contribution < 1.29 is 33.3 Å². The van der Waals surface area contributed by atoms with Crippen molar-refractivity contribution in [1.82, 2.24) is 9.80 Å². The highest BCUT2D eigenvalue weighted by Gasteiger charge is 2.24. The molecule has 0 N–H and O–H groups in total.